The number of nitrogens with zero attached hydrogens (tertiary/aromatic N) is 1. The van der Waals surface area contributed by atoms with Gasteiger partial charge in [0.2, 0.25) is 0 Å². The first-order valence-electron chi connectivity index (χ1n) is 14.7. The third kappa shape index (κ3) is 10.5. The number of methoxy groups -OCH3 is 1. The minimum absolute atomic E-state index is 0.0504. The fraction of sp³-hybridized carbons (Fsp3) is 0.486. The molecular formula is C35H49NO3. The maximum Gasteiger partial charge on any atom is 0.0955 e. The quantitative estimate of drug-likeness (QED) is 0.164. The molecule has 0 radical (unpaired) electrons. The van der Waals surface area contributed by atoms with Gasteiger partial charge in [0.15, 0.2) is 0 Å². The van der Waals surface area contributed by atoms with Gasteiger partial charge in [-0.3, -0.25) is 4.90 Å². The lowest BCUT2D eigenvalue weighted by atomic mass is 10.0. The summed E-state index contributed by atoms with van der Waals surface area (Å²) in [4.78, 5) is 2.48. The summed E-state index contributed by atoms with van der Waals surface area (Å²) in [6.45, 7) is 11.0. The highest BCUT2D eigenvalue weighted by atomic mass is 16.5. The van der Waals surface area contributed by atoms with Crippen molar-refractivity contribution in [3.63, 3.8) is 0 Å². The van der Waals surface area contributed by atoms with Gasteiger partial charge in [-0.25, -0.2) is 0 Å². The second kappa shape index (κ2) is 17.2. The molecule has 39 heavy (non-hydrogen) atoms. The molecule has 0 aliphatic rings. The Kier molecular flexibility index (Phi) is 13.7. The predicted molar refractivity (Wildman–Crippen MR) is 162 cm³/mol. The molecule has 0 aliphatic carbocycles. The summed E-state index contributed by atoms with van der Waals surface area (Å²) < 4.78 is 19.5. The van der Waals surface area contributed by atoms with Crippen molar-refractivity contribution in [3.8, 4) is 0 Å². The number of benzene rings is 3. The van der Waals surface area contributed by atoms with Crippen LogP contribution in [0.2, 0.25) is 0 Å². The Balaban J connectivity index is 1.93. The van der Waals surface area contributed by atoms with Crippen LogP contribution >= 0.6 is 0 Å². The standard InChI is InChI=1S/C35H49NO3/c1-6-17-28(3)38-34(31-21-13-9-14-22-31)26-36(25-33(37-5)30-19-11-8-12-20-30)27-35(39-29(4)18-7-2)32-23-15-10-16-24-32/h8-16,19-24,28-29,33-35H,6-7,17-18,25-27H2,1-5H3/t28?,29?,33-,34-,35-/m0/s1. The molecule has 0 fully saturated rings. The van der Waals surface area contributed by atoms with Crippen LogP contribution in [0.5, 0.6) is 0 Å². The molecule has 0 aromatic heterocycles. The Bertz CT molecular complexity index is 954. The van der Waals surface area contributed by atoms with Gasteiger partial charge in [0.05, 0.1) is 30.5 Å². The van der Waals surface area contributed by atoms with Gasteiger partial charge in [0, 0.05) is 26.7 Å². The van der Waals surface area contributed by atoms with Crippen LogP contribution in [0.3, 0.4) is 0 Å². The molecule has 0 heterocycles. The Morgan fingerprint density at radius 3 is 1.21 bits per heavy atom. The van der Waals surface area contributed by atoms with Gasteiger partial charge >= 0.3 is 0 Å². The maximum absolute atomic E-state index is 6.71. The van der Waals surface area contributed by atoms with Crippen LogP contribution in [0.25, 0.3) is 0 Å². The van der Waals surface area contributed by atoms with E-state index in [1.807, 2.05) is 0 Å². The monoisotopic (exact) mass is 531 g/mol. The smallest absolute Gasteiger partial charge is 0.0955 e. The van der Waals surface area contributed by atoms with Crippen molar-refractivity contribution in [2.75, 3.05) is 26.7 Å². The predicted octanol–water partition coefficient (Wildman–Crippen LogP) is 8.57. The van der Waals surface area contributed by atoms with Crippen LogP contribution in [-0.4, -0.2) is 43.9 Å². The molecule has 0 aliphatic heterocycles. The van der Waals surface area contributed by atoms with Crippen LogP contribution in [0, 0.1) is 0 Å². The fourth-order valence-corrected chi connectivity index (χ4v) is 5.21. The maximum atomic E-state index is 6.71. The molecule has 0 N–H and O–H groups in total. The molecule has 3 rings (SSSR count). The van der Waals surface area contributed by atoms with E-state index in [1.54, 1.807) is 7.11 Å². The molecule has 4 heteroatoms. The van der Waals surface area contributed by atoms with E-state index < -0.39 is 0 Å². The summed E-state index contributed by atoms with van der Waals surface area (Å²) in [7, 11) is 1.80. The number of rotatable bonds is 18. The van der Waals surface area contributed by atoms with Gasteiger partial charge in [-0.15, -0.1) is 0 Å². The number of hydrogen-bond acceptors (Lipinski definition) is 4. The van der Waals surface area contributed by atoms with Gasteiger partial charge in [-0.1, -0.05) is 118 Å². The third-order valence-corrected chi connectivity index (χ3v) is 7.25. The van der Waals surface area contributed by atoms with E-state index in [1.165, 1.54) is 16.7 Å². The van der Waals surface area contributed by atoms with Gasteiger partial charge in [0.1, 0.15) is 0 Å². The van der Waals surface area contributed by atoms with Gasteiger partial charge < -0.3 is 14.2 Å². The largest absolute Gasteiger partial charge is 0.375 e. The van der Waals surface area contributed by atoms with Gasteiger partial charge in [-0.2, -0.15) is 0 Å². The summed E-state index contributed by atoms with van der Waals surface area (Å²) in [5.74, 6) is 0. The van der Waals surface area contributed by atoms with E-state index in [0.29, 0.717) is 0 Å². The summed E-state index contributed by atoms with van der Waals surface area (Å²) >= 11 is 0. The minimum atomic E-state index is -0.0554. The van der Waals surface area contributed by atoms with Crippen LogP contribution in [0.15, 0.2) is 91.0 Å². The summed E-state index contributed by atoms with van der Waals surface area (Å²) in [5.41, 5.74) is 3.59. The fourth-order valence-electron chi connectivity index (χ4n) is 5.21. The molecule has 0 bridgehead atoms. The second-order valence-electron chi connectivity index (χ2n) is 10.6. The van der Waals surface area contributed by atoms with Crippen molar-refractivity contribution in [1.29, 1.82) is 0 Å². The van der Waals surface area contributed by atoms with E-state index in [4.69, 9.17) is 14.2 Å². The zero-order valence-electron chi connectivity index (χ0n) is 24.7. The number of ether oxygens (including phenoxy) is 3. The average Bonchev–Trinajstić information content (AvgIpc) is 2.96. The first-order chi connectivity index (χ1) is 19.0. The highest BCUT2D eigenvalue weighted by Crippen LogP contribution is 2.28. The normalized spacial score (nSPS) is 15.5. The van der Waals surface area contributed by atoms with E-state index in [0.717, 1.165) is 45.3 Å². The van der Waals surface area contributed by atoms with Crippen molar-refractivity contribution in [3.05, 3.63) is 108 Å². The van der Waals surface area contributed by atoms with E-state index >= 15 is 0 Å². The molecule has 3 aromatic rings. The van der Waals surface area contributed by atoms with Crippen molar-refractivity contribution < 1.29 is 14.2 Å². The minimum Gasteiger partial charge on any atom is -0.375 e. The first-order valence-corrected chi connectivity index (χ1v) is 14.7. The lowest BCUT2D eigenvalue weighted by Gasteiger charge is -2.35. The molecule has 3 aromatic carbocycles. The number of hydrogen-bond donors (Lipinski definition) is 0. The Morgan fingerprint density at radius 2 is 0.872 bits per heavy atom. The van der Waals surface area contributed by atoms with E-state index in [9.17, 15) is 0 Å². The van der Waals surface area contributed by atoms with Crippen LogP contribution in [0.4, 0.5) is 0 Å². The molecule has 0 saturated carbocycles. The zero-order valence-corrected chi connectivity index (χ0v) is 24.7. The van der Waals surface area contributed by atoms with Crippen molar-refractivity contribution in [1.82, 2.24) is 4.90 Å². The first kappa shape index (κ1) is 31.0. The SMILES string of the molecule is CCCC(C)O[C@@H](CN(C[C@H](OC)c1ccccc1)C[C@H](OC(C)CCC)c1ccccc1)c1ccccc1. The molecule has 4 nitrogen and oxygen atoms in total. The van der Waals surface area contributed by atoms with Crippen LogP contribution in [0.1, 0.15) is 88.4 Å². The summed E-state index contributed by atoms with van der Waals surface area (Å²) in [6, 6.07) is 31.8. The zero-order chi connectivity index (χ0) is 27.9. The van der Waals surface area contributed by atoms with Crippen molar-refractivity contribution >= 4 is 0 Å². The summed E-state index contributed by atoms with van der Waals surface area (Å²) in [6.07, 6.45) is 4.49. The van der Waals surface area contributed by atoms with Crippen LogP contribution in [-0.2, 0) is 14.2 Å². The van der Waals surface area contributed by atoms with Gasteiger partial charge in [0.25, 0.3) is 0 Å². The molecule has 0 saturated heterocycles. The van der Waals surface area contributed by atoms with E-state index in [-0.39, 0.29) is 30.5 Å². The molecular weight excluding hydrogens is 482 g/mol. The summed E-state index contributed by atoms with van der Waals surface area (Å²) in [5, 5.41) is 0. The van der Waals surface area contributed by atoms with Gasteiger partial charge in [-0.05, 0) is 43.4 Å². The highest BCUT2D eigenvalue weighted by molar-refractivity contribution is 5.21. The topological polar surface area (TPSA) is 30.9 Å². The van der Waals surface area contributed by atoms with Crippen molar-refractivity contribution in [2.45, 2.75) is 83.9 Å². The average molecular weight is 532 g/mol. The van der Waals surface area contributed by atoms with Crippen LogP contribution < -0.4 is 0 Å². The highest BCUT2D eigenvalue weighted by Gasteiger charge is 2.26. The molecule has 0 amide bonds. The molecule has 212 valence electrons. The third-order valence-electron chi connectivity index (χ3n) is 7.25. The molecule has 5 atom stereocenters. The Morgan fingerprint density at radius 1 is 0.538 bits per heavy atom. The lowest BCUT2D eigenvalue weighted by Crippen LogP contribution is -2.38. The lowest BCUT2D eigenvalue weighted by molar-refractivity contribution is -0.0613. The van der Waals surface area contributed by atoms with E-state index in [2.05, 4.69) is 124 Å². The Hall–Kier alpha value is -2.50. The molecule has 2 unspecified atom stereocenters. The molecule has 0 spiro atoms. The Labute approximate surface area is 237 Å². The van der Waals surface area contributed by atoms with Crippen molar-refractivity contribution in [2.24, 2.45) is 0 Å². The second-order valence-corrected chi connectivity index (χ2v) is 10.6.